The van der Waals surface area contributed by atoms with Crippen LogP contribution in [0, 0.1) is 0 Å². The fourth-order valence-corrected chi connectivity index (χ4v) is 3.21. The van der Waals surface area contributed by atoms with Crippen LogP contribution in [0.15, 0.2) is 12.4 Å². The largest absolute Gasteiger partial charge is 0.372 e. The number of piperidine rings is 1. The molecule has 2 saturated heterocycles. The normalized spacial score (nSPS) is 26.1. The van der Waals surface area contributed by atoms with E-state index in [-0.39, 0.29) is 11.9 Å². The summed E-state index contributed by atoms with van der Waals surface area (Å²) in [4.78, 5) is 23.0. The van der Waals surface area contributed by atoms with Crippen LogP contribution in [0.1, 0.15) is 36.2 Å². The van der Waals surface area contributed by atoms with E-state index < -0.39 is 0 Å². The number of aromatic nitrogens is 2. The van der Waals surface area contributed by atoms with Crippen LogP contribution in [0.3, 0.4) is 0 Å². The van der Waals surface area contributed by atoms with E-state index in [1.807, 2.05) is 0 Å². The lowest BCUT2D eigenvalue weighted by atomic mass is 9.97. The molecule has 0 aliphatic carbocycles. The molecule has 1 aromatic heterocycles. The Labute approximate surface area is 119 Å². The van der Waals surface area contributed by atoms with Gasteiger partial charge < -0.3 is 15.5 Å². The van der Waals surface area contributed by atoms with Crippen molar-refractivity contribution in [3.05, 3.63) is 18.1 Å². The van der Waals surface area contributed by atoms with E-state index in [0.29, 0.717) is 17.6 Å². The van der Waals surface area contributed by atoms with Crippen LogP contribution in [0.25, 0.3) is 0 Å². The second-order valence-corrected chi connectivity index (χ2v) is 5.57. The van der Waals surface area contributed by atoms with Crippen LogP contribution in [0.5, 0.6) is 0 Å². The number of nitrogens with zero attached hydrogens (tertiary/aromatic N) is 3. The molecule has 1 amide bonds. The Balaban J connectivity index is 1.61. The molecule has 2 unspecified atom stereocenters. The van der Waals surface area contributed by atoms with Crippen LogP contribution in [-0.2, 0) is 0 Å². The van der Waals surface area contributed by atoms with Crippen LogP contribution >= 0.6 is 0 Å². The summed E-state index contributed by atoms with van der Waals surface area (Å²) in [5.41, 5.74) is 0.380. The molecular formula is C14H21N5O. The van der Waals surface area contributed by atoms with Gasteiger partial charge in [-0.2, -0.15) is 0 Å². The lowest BCUT2D eigenvalue weighted by Crippen LogP contribution is -2.47. The maximum Gasteiger partial charge on any atom is 0.271 e. The Kier molecular flexibility index (Phi) is 3.82. The van der Waals surface area contributed by atoms with E-state index in [9.17, 15) is 4.79 Å². The summed E-state index contributed by atoms with van der Waals surface area (Å²) < 4.78 is 0. The van der Waals surface area contributed by atoms with Gasteiger partial charge in [0.25, 0.3) is 5.91 Å². The first kappa shape index (κ1) is 13.3. The van der Waals surface area contributed by atoms with Crippen molar-refractivity contribution < 1.29 is 4.79 Å². The summed E-state index contributed by atoms with van der Waals surface area (Å²) in [6.45, 7) is 2.32. The zero-order chi connectivity index (χ0) is 13.9. The summed E-state index contributed by atoms with van der Waals surface area (Å²) in [5.74, 6) is 0.495. The molecule has 2 aliphatic heterocycles. The van der Waals surface area contributed by atoms with Crippen molar-refractivity contribution in [2.75, 3.05) is 25.5 Å². The molecule has 108 valence electrons. The molecule has 3 rings (SSSR count). The second-order valence-electron chi connectivity index (χ2n) is 5.57. The second kappa shape index (κ2) is 5.75. The van der Waals surface area contributed by atoms with Crippen molar-refractivity contribution >= 4 is 11.7 Å². The molecule has 0 saturated carbocycles. The van der Waals surface area contributed by atoms with Gasteiger partial charge in [-0.15, -0.1) is 0 Å². The highest BCUT2D eigenvalue weighted by Crippen LogP contribution is 2.26. The molecule has 6 heteroatoms. The van der Waals surface area contributed by atoms with Crippen molar-refractivity contribution in [1.29, 1.82) is 0 Å². The minimum Gasteiger partial charge on any atom is -0.372 e. The number of carbonyl (C=O) groups excluding carboxylic acids is 1. The Morgan fingerprint density at radius 3 is 3.10 bits per heavy atom. The van der Waals surface area contributed by atoms with E-state index in [2.05, 4.69) is 25.5 Å². The molecular weight excluding hydrogens is 254 g/mol. The Morgan fingerprint density at radius 2 is 2.25 bits per heavy atom. The number of amides is 1. The maximum atomic E-state index is 12.2. The number of rotatable bonds is 3. The molecule has 2 N–H and O–H groups in total. The summed E-state index contributed by atoms with van der Waals surface area (Å²) in [6, 6.07) is 0.922. The quantitative estimate of drug-likeness (QED) is 0.857. The van der Waals surface area contributed by atoms with E-state index >= 15 is 0 Å². The average molecular weight is 275 g/mol. The molecule has 0 bridgehead atoms. The van der Waals surface area contributed by atoms with Crippen molar-refractivity contribution in [2.24, 2.45) is 0 Å². The zero-order valence-corrected chi connectivity index (χ0v) is 11.8. The summed E-state index contributed by atoms with van der Waals surface area (Å²) in [5, 5.41) is 6.00. The number of fused-ring (bicyclic) bond motifs is 1. The topological polar surface area (TPSA) is 70.2 Å². The lowest BCUT2D eigenvalue weighted by molar-refractivity contribution is 0.0891. The van der Waals surface area contributed by atoms with Crippen molar-refractivity contribution in [2.45, 2.75) is 37.8 Å². The van der Waals surface area contributed by atoms with Gasteiger partial charge in [-0.3, -0.25) is 9.78 Å². The Bertz CT molecular complexity index is 492. The van der Waals surface area contributed by atoms with Crippen LogP contribution < -0.4 is 10.6 Å². The van der Waals surface area contributed by atoms with Crippen LogP contribution in [0.2, 0.25) is 0 Å². The minimum absolute atomic E-state index is 0.119. The molecule has 20 heavy (non-hydrogen) atoms. The summed E-state index contributed by atoms with van der Waals surface area (Å²) in [7, 11) is 1.77. The highest BCUT2D eigenvalue weighted by atomic mass is 16.1. The third-order valence-electron chi connectivity index (χ3n) is 4.28. The van der Waals surface area contributed by atoms with E-state index in [1.54, 1.807) is 13.2 Å². The SMILES string of the molecule is CNc1cncc(C(=O)NC2CCN3CCCC3C2)n1. The molecule has 0 aromatic carbocycles. The molecule has 1 aromatic rings. The minimum atomic E-state index is -0.119. The summed E-state index contributed by atoms with van der Waals surface area (Å²) in [6.07, 6.45) is 7.77. The molecule has 6 nitrogen and oxygen atoms in total. The zero-order valence-electron chi connectivity index (χ0n) is 11.8. The monoisotopic (exact) mass is 275 g/mol. The smallest absolute Gasteiger partial charge is 0.271 e. The van der Waals surface area contributed by atoms with Gasteiger partial charge in [-0.1, -0.05) is 0 Å². The number of hydrogen-bond acceptors (Lipinski definition) is 5. The highest BCUT2D eigenvalue weighted by molar-refractivity contribution is 5.92. The molecule has 0 radical (unpaired) electrons. The molecule has 2 aliphatic rings. The van der Waals surface area contributed by atoms with Crippen molar-refractivity contribution in [3.8, 4) is 0 Å². The number of nitrogens with one attached hydrogen (secondary N) is 2. The van der Waals surface area contributed by atoms with Gasteiger partial charge >= 0.3 is 0 Å². The predicted octanol–water partition coefficient (Wildman–Crippen LogP) is 0.875. The van der Waals surface area contributed by atoms with Gasteiger partial charge in [-0.25, -0.2) is 4.98 Å². The van der Waals surface area contributed by atoms with Crippen molar-refractivity contribution in [3.63, 3.8) is 0 Å². The lowest BCUT2D eigenvalue weighted by Gasteiger charge is -2.35. The standard InChI is InChI=1S/C14H21N5O/c1-15-13-9-16-8-12(18-13)14(20)17-10-4-6-19-5-2-3-11(19)7-10/h8-11H,2-7H2,1H3,(H,15,18)(H,17,20). The van der Waals surface area contributed by atoms with Crippen LogP contribution in [0.4, 0.5) is 5.82 Å². The number of anilines is 1. The molecule has 3 heterocycles. The highest BCUT2D eigenvalue weighted by Gasteiger charge is 2.32. The van der Waals surface area contributed by atoms with E-state index in [0.717, 1.165) is 19.4 Å². The van der Waals surface area contributed by atoms with E-state index in [1.165, 1.54) is 25.6 Å². The predicted molar refractivity (Wildman–Crippen MR) is 76.7 cm³/mol. The van der Waals surface area contributed by atoms with Gasteiger partial charge in [0, 0.05) is 25.7 Å². The van der Waals surface area contributed by atoms with Gasteiger partial charge in [0.1, 0.15) is 11.5 Å². The maximum absolute atomic E-state index is 12.2. The van der Waals surface area contributed by atoms with Gasteiger partial charge in [0.15, 0.2) is 0 Å². The first-order valence-electron chi connectivity index (χ1n) is 7.31. The van der Waals surface area contributed by atoms with E-state index in [4.69, 9.17) is 0 Å². The Morgan fingerprint density at radius 1 is 1.35 bits per heavy atom. The molecule has 2 atom stereocenters. The van der Waals surface area contributed by atoms with Gasteiger partial charge in [0.05, 0.1) is 12.4 Å². The summed E-state index contributed by atoms with van der Waals surface area (Å²) >= 11 is 0. The Hall–Kier alpha value is -1.69. The van der Waals surface area contributed by atoms with Gasteiger partial charge in [0.2, 0.25) is 0 Å². The van der Waals surface area contributed by atoms with Gasteiger partial charge in [-0.05, 0) is 32.2 Å². The van der Waals surface area contributed by atoms with Crippen LogP contribution in [-0.4, -0.2) is 53.0 Å². The molecule has 0 spiro atoms. The number of carbonyl (C=O) groups is 1. The fourth-order valence-electron chi connectivity index (χ4n) is 3.21. The fraction of sp³-hybridized carbons (Fsp3) is 0.643. The average Bonchev–Trinajstić information content (AvgIpc) is 2.95. The third kappa shape index (κ3) is 2.75. The first-order valence-corrected chi connectivity index (χ1v) is 7.31. The van der Waals surface area contributed by atoms with Crippen molar-refractivity contribution in [1.82, 2.24) is 20.2 Å². The first-order chi connectivity index (χ1) is 9.76. The number of hydrogen-bond donors (Lipinski definition) is 2. The third-order valence-corrected chi connectivity index (χ3v) is 4.28. The molecule has 2 fully saturated rings.